The monoisotopic (exact) mass is 372 g/mol. The molecule has 0 fully saturated rings. The molecule has 9 heteroatoms. The Morgan fingerprint density at radius 1 is 1.24 bits per heavy atom. The Hall–Kier alpha value is -2.48. The Morgan fingerprint density at radius 2 is 1.92 bits per heavy atom. The van der Waals surface area contributed by atoms with Gasteiger partial charge in [0, 0.05) is 6.42 Å². The van der Waals surface area contributed by atoms with Crippen LogP contribution in [0.1, 0.15) is 34.8 Å². The van der Waals surface area contributed by atoms with Gasteiger partial charge in [-0.05, 0) is 17.9 Å². The summed E-state index contributed by atoms with van der Waals surface area (Å²) in [6, 6.07) is 9.45. The second-order valence-corrected chi connectivity index (χ2v) is 5.55. The molecule has 2 aromatic rings. The number of fused-ring (bicyclic) bond motifs is 1. The molecule has 0 amide bonds. The first-order chi connectivity index (χ1) is 11.4. The van der Waals surface area contributed by atoms with Crippen molar-refractivity contribution in [2.75, 3.05) is 0 Å². The number of nitrogens with two attached hydrogens (primary N) is 1. The summed E-state index contributed by atoms with van der Waals surface area (Å²) < 4.78 is 44.8. The molecule has 0 bridgehead atoms. The number of hydrazone groups is 1. The van der Waals surface area contributed by atoms with Crippen LogP contribution in [0, 0.1) is 5.41 Å². The lowest BCUT2D eigenvalue weighted by Gasteiger charge is -2.24. The fourth-order valence-electron chi connectivity index (χ4n) is 2.89. The van der Waals surface area contributed by atoms with Crippen molar-refractivity contribution < 1.29 is 17.6 Å². The fraction of sp³-hybridized carbons (Fsp3) is 0.250. The Labute approximate surface area is 148 Å². The van der Waals surface area contributed by atoms with Gasteiger partial charge in [0.15, 0.2) is 0 Å². The Bertz CT molecular complexity index is 786. The Morgan fingerprint density at radius 3 is 2.52 bits per heavy atom. The number of halogens is 4. The molecule has 3 rings (SSSR count). The Kier molecular flexibility index (Phi) is 5.42. The summed E-state index contributed by atoms with van der Waals surface area (Å²) in [5.74, 6) is -0.257. The number of nitrogens with one attached hydrogen (secondary N) is 2. The van der Waals surface area contributed by atoms with Crippen molar-refractivity contribution in [3.63, 3.8) is 0 Å². The number of nitrogens with zero attached hydrogens (tertiary/aromatic N) is 1. The van der Waals surface area contributed by atoms with Crippen LogP contribution >= 0.6 is 12.4 Å². The van der Waals surface area contributed by atoms with Gasteiger partial charge in [-0.2, -0.15) is 18.3 Å². The third-order valence-corrected chi connectivity index (χ3v) is 3.92. The van der Waals surface area contributed by atoms with Gasteiger partial charge in [-0.1, -0.05) is 30.3 Å². The molecule has 0 radical (unpaired) electrons. The van der Waals surface area contributed by atoms with E-state index < -0.39 is 17.7 Å². The van der Waals surface area contributed by atoms with Gasteiger partial charge in [-0.15, -0.1) is 12.4 Å². The summed E-state index contributed by atoms with van der Waals surface area (Å²) in [6.45, 7) is 0. The van der Waals surface area contributed by atoms with Crippen LogP contribution in [0.4, 0.5) is 13.2 Å². The van der Waals surface area contributed by atoms with Gasteiger partial charge in [-0.25, -0.2) is 5.43 Å². The highest BCUT2D eigenvalue weighted by Crippen LogP contribution is 2.41. The zero-order valence-electron chi connectivity index (χ0n) is 12.9. The van der Waals surface area contributed by atoms with E-state index in [0.29, 0.717) is 12.8 Å². The van der Waals surface area contributed by atoms with Crippen LogP contribution < -0.4 is 11.2 Å². The summed E-state index contributed by atoms with van der Waals surface area (Å²) in [6.07, 6.45) is -3.16. The van der Waals surface area contributed by atoms with Crippen LogP contribution in [0.25, 0.3) is 0 Å². The van der Waals surface area contributed by atoms with E-state index in [-0.39, 0.29) is 35.4 Å². The van der Waals surface area contributed by atoms with E-state index >= 15 is 0 Å². The number of rotatable bonds is 2. The predicted octanol–water partition coefficient (Wildman–Crippen LogP) is 3.64. The standard InChI is InChI=1S/C16H15F3N4O.ClH/c17-16(18,19)11-8-24-13-7-10(9-4-2-1-3-5-9)6-12(14(11)13)22-23-15(20)21;/h1-5,8,10H,6-7H2,(H4,20,21,23);1H/b22-12+;. The molecule has 5 nitrogen and oxygen atoms in total. The maximum atomic E-state index is 13.2. The summed E-state index contributed by atoms with van der Waals surface area (Å²) in [5, 5.41) is 11.1. The molecule has 1 heterocycles. The van der Waals surface area contributed by atoms with Crippen molar-refractivity contribution in [3.05, 3.63) is 59.0 Å². The molecule has 4 N–H and O–H groups in total. The number of hydrogen-bond acceptors (Lipinski definition) is 3. The number of furan rings is 1. The highest BCUT2D eigenvalue weighted by atomic mass is 35.5. The van der Waals surface area contributed by atoms with Gasteiger partial charge < -0.3 is 10.2 Å². The summed E-state index contributed by atoms with van der Waals surface area (Å²) in [5.41, 5.74) is 7.70. The van der Waals surface area contributed by atoms with E-state index in [1.165, 1.54) is 0 Å². The van der Waals surface area contributed by atoms with Gasteiger partial charge >= 0.3 is 6.18 Å². The lowest BCUT2D eigenvalue weighted by molar-refractivity contribution is -0.138. The van der Waals surface area contributed by atoms with Gasteiger partial charge in [0.1, 0.15) is 17.6 Å². The van der Waals surface area contributed by atoms with Crippen molar-refractivity contribution in [3.8, 4) is 0 Å². The van der Waals surface area contributed by atoms with Crippen molar-refractivity contribution in [2.45, 2.75) is 24.9 Å². The molecule has 1 aromatic heterocycles. The van der Waals surface area contributed by atoms with Gasteiger partial charge in [0.2, 0.25) is 5.96 Å². The summed E-state index contributed by atoms with van der Waals surface area (Å²) >= 11 is 0. The van der Waals surface area contributed by atoms with Crippen LogP contribution in [-0.2, 0) is 12.6 Å². The van der Waals surface area contributed by atoms with Crippen molar-refractivity contribution in [1.82, 2.24) is 5.43 Å². The molecule has 1 atom stereocenters. The van der Waals surface area contributed by atoms with Gasteiger partial charge in [-0.3, -0.25) is 5.41 Å². The molecule has 134 valence electrons. The van der Waals surface area contributed by atoms with Crippen LogP contribution in [0.3, 0.4) is 0 Å². The first-order valence-electron chi connectivity index (χ1n) is 7.25. The molecule has 0 aliphatic heterocycles. The zero-order valence-corrected chi connectivity index (χ0v) is 13.7. The van der Waals surface area contributed by atoms with E-state index in [0.717, 1.165) is 11.8 Å². The fourth-order valence-corrected chi connectivity index (χ4v) is 2.89. The van der Waals surface area contributed by atoms with Gasteiger partial charge in [0.25, 0.3) is 0 Å². The van der Waals surface area contributed by atoms with E-state index in [2.05, 4.69) is 10.5 Å². The SMILES string of the molecule is Cl.N=C(N)N/N=C1\CC(c2ccccc2)Cc2occ(C(F)(F)F)c21. The molecule has 0 saturated carbocycles. The number of guanidine groups is 1. The van der Waals surface area contributed by atoms with Crippen LogP contribution in [-0.4, -0.2) is 11.7 Å². The smallest absolute Gasteiger partial charge is 0.420 e. The highest BCUT2D eigenvalue weighted by molar-refractivity contribution is 6.04. The third kappa shape index (κ3) is 3.96. The largest absolute Gasteiger partial charge is 0.468 e. The minimum Gasteiger partial charge on any atom is -0.468 e. The number of alkyl halides is 3. The molecule has 1 aliphatic carbocycles. The minimum atomic E-state index is -4.53. The minimum absolute atomic E-state index is 0. The maximum absolute atomic E-state index is 13.2. The predicted molar refractivity (Wildman–Crippen MR) is 90.0 cm³/mol. The van der Waals surface area contributed by atoms with Crippen molar-refractivity contribution in [2.24, 2.45) is 10.8 Å². The number of benzene rings is 1. The highest BCUT2D eigenvalue weighted by Gasteiger charge is 2.41. The molecule has 0 saturated heterocycles. The Balaban J connectivity index is 0.00000225. The van der Waals surface area contributed by atoms with E-state index in [4.69, 9.17) is 15.6 Å². The quantitative estimate of drug-likeness (QED) is 0.427. The van der Waals surface area contributed by atoms with Crippen LogP contribution in [0.15, 0.2) is 46.1 Å². The molecular weight excluding hydrogens is 357 g/mol. The second kappa shape index (κ2) is 7.18. The van der Waals surface area contributed by atoms with Gasteiger partial charge in [0.05, 0.1) is 11.3 Å². The molecular formula is C16H16ClF3N4O. The van der Waals surface area contributed by atoms with E-state index in [1.54, 1.807) is 0 Å². The van der Waals surface area contributed by atoms with E-state index in [1.807, 2.05) is 30.3 Å². The van der Waals surface area contributed by atoms with Crippen LogP contribution in [0.2, 0.25) is 0 Å². The molecule has 1 unspecified atom stereocenters. The van der Waals surface area contributed by atoms with Crippen LogP contribution in [0.5, 0.6) is 0 Å². The molecule has 0 spiro atoms. The van der Waals surface area contributed by atoms with Crippen molar-refractivity contribution in [1.29, 1.82) is 5.41 Å². The normalized spacial score (nSPS) is 18.4. The first kappa shape index (κ1) is 18.9. The topological polar surface area (TPSA) is 87.4 Å². The average molecular weight is 373 g/mol. The first-order valence-corrected chi connectivity index (χ1v) is 7.25. The van der Waals surface area contributed by atoms with E-state index in [9.17, 15) is 13.2 Å². The van der Waals surface area contributed by atoms with Crippen molar-refractivity contribution >= 4 is 24.1 Å². The summed E-state index contributed by atoms with van der Waals surface area (Å²) in [7, 11) is 0. The lowest BCUT2D eigenvalue weighted by atomic mass is 9.81. The summed E-state index contributed by atoms with van der Waals surface area (Å²) in [4.78, 5) is 0. The molecule has 1 aliphatic rings. The molecule has 25 heavy (non-hydrogen) atoms. The maximum Gasteiger partial charge on any atom is 0.420 e. The zero-order chi connectivity index (χ0) is 17.3. The lowest BCUT2D eigenvalue weighted by Crippen LogP contribution is -2.29. The third-order valence-electron chi connectivity index (χ3n) is 3.92. The molecule has 1 aromatic carbocycles. The average Bonchev–Trinajstić information content (AvgIpc) is 2.97. The second-order valence-electron chi connectivity index (χ2n) is 5.55. The number of hydrogen-bond donors (Lipinski definition) is 3.